The molecule has 1 atom stereocenters. The van der Waals surface area contributed by atoms with Gasteiger partial charge in [-0.15, -0.1) is 0 Å². The third-order valence-corrected chi connectivity index (χ3v) is 2.61. The highest BCUT2D eigenvalue weighted by atomic mass is 19.4. The number of carbonyl (C=O) groups is 2. The second-order valence-electron chi connectivity index (χ2n) is 4.07. The van der Waals surface area contributed by atoms with Gasteiger partial charge >= 0.3 is 18.2 Å². The molecule has 0 aliphatic rings. The molecule has 1 rings (SSSR count). The Morgan fingerprint density at radius 1 is 1.36 bits per heavy atom. The summed E-state index contributed by atoms with van der Waals surface area (Å²) >= 11 is 0. The normalized spacial score (nSPS) is 12.5. The number of nitrogens with zero attached hydrogens (tertiary/aromatic N) is 2. The quantitative estimate of drug-likeness (QED) is 0.678. The van der Waals surface area contributed by atoms with Crippen LogP contribution in [0.25, 0.3) is 0 Å². The first-order valence-electron chi connectivity index (χ1n) is 5.96. The molecule has 1 aromatic rings. The lowest BCUT2D eigenvalue weighted by Gasteiger charge is -2.24. The SMILES string of the molecule is COC(=O)[C@H](C)N(OC)C(=O)Nc1cc(C(F)(F)F)ccn1. The van der Waals surface area contributed by atoms with E-state index in [-0.39, 0.29) is 5.82 Å². The van der Waals surface area contributed by atoms with Crippen LogP contribution in [0.4, 0.5) is 23.8 Å². The van der Waals surface area contributed by atoms with Gasteiger partial charge in [-0.1, -0.05) is 0 Å². The van der Waals surface area contributed by atoms with Crippen molar-refractivity contribution in [1.29, 1.82) is 0 Å². The average molecular weight is 321 g/mol. The van der Waals surface area contributed by atoms with E-state index in [2.05, 4.69) is 15.0 Å². The summed E-state index contributed by atoms with van der Waals surface area (Å²) in [6, 6.07) is -0.636. The van der Waals surface area contributed by atoms with E-state index in [9.17, 15) is 22.8 Å². The lowest BCUT2D eigenvalue weighted by atomic mass is 10.2. The molecule has 1 aromatic heterocycles. The highest BCUT2D eigenvalue weighted by molar-refractivity contribution is 5.91. The number of hydrogen-bond acceptors (Lipinski definition) is 5. The van der Waals surface area contributed by atoms with Crippen LogP contribution in [0, 0.1) is 0 Å². The Hall–Kier alpha value is -2.36. The molecule has 0 fully saturated rings. The highest BCUT2D eigenvalue weighted by Gasteiger charge is 2.32. The van der Waals surface area contributed by atoms with Crippen molar-refractivity contribution in [2.45, 2.75) is 19.1 Å². The molecule has 10 heteroatoms. The van der Waals surface area contributed by atoms with Gasteiger partial charge in [0.1, 0.15) is 5.82 Å². The summed E-state index contributed by atoms with van der Waals surface area (Å²) in [4.78, 5) is 31.6. The zero-order valence-electron chi connectivity index (χ0n) is 12.0. The van der Waals surface area contributed by atoms with Crippen molar-refractivity contribution in [3.8, 4) is 0 Å². The zero-order valence-corrected chi connectivity index (χ0v) is 12.0. The van der Waals surface area contributed by atoms with Gasteiger partial charge in [-0.2, -0.15) is 18.2 Å². The first-order chi connectivity index (χ1) is 10.2. The second-order valence-corrected chi connectivity index (χ2v) is 4.07. The molecule has 0 saturated heterocycles. The molecule has 22 heavy (non-hydrogen) atoms. The number of aromatic nitrogens is 1. The van der Waals surface area contributed by atoms with Crippen LogP contribution in [0.1, 0.15) is 12.5 Å². The summed E-state index contributed by atoms with van der Waals surface area (Å²) < 4.78 is 42.2. The molecular formula is C12H14F3N3O4. The maximum atomic E-state index is 12.6. The molecule has 1 heterocycles. The van der Waals surface area contributed by atoms with Gasteiger partial charge < -0.3 is 4.74 Å². The number of rotatable bonds is 4. The number of esters is 1. The van der Waals surface area contributed by atoms with Crippen LogP contribution in [0.2, 0.25) is 0 Å². The number of pyridine rings is 1. The Labute approximate surface area is 124 Å². The molecule has 0 saturated carbocycles. The van der Waals surface area contributed by atoms with Crippen molar-refractivity contribution >= 4 is 17.8 Å². The number of amides is 2. The number of methoxy groups -OCH3 is 1. The Balaban J connectivity index is 2.89. The fourth-order valence-corrected chi connectivity index (χ4v) is 1.52. The number of nitrogens with one attached hydrogen (secondary N) is 1. The fourth-order valence-electron chi connectivity index (χ4n) is 1.52. The lowest BCUT2D eigenvalue weighted by Crippen LogP contribution is -2.45. The number of alkyl halides is 3. The number of hydrogen-bond donors (Lipinski definition) is 1. The van der Waals surface area contributed by atoms with Crippen LogP contribution >= 0.6 is 0 Å². The van der Waals surface area contributed by atoms with Gasteiger partial charge in [-0.3, -0.25) is 10.2 Å². The monoisotopic (exact) mass is 321 g/mol. The number of urea groups is 1. The standard InChI is InChI=1S/C12H14F3N3O4/c1-7(10(19)21-2)18(22-3)11(20)17-9-6-8(4-5-16-9)12(13,14)15/h4-7H,1-3H3,(H,16,17,20)/t7-/m0/s1. The van der Waals surface area contributed by atoms with Gasteiger partial charge in [0.15, 0.2) is 6.04 Å². The predicted octanol–water partition coefficient (Wildman–Crippen LogP) is 2.06. The maximum absolute atomic E-state index is 12.6. The molecule has 0 spiro atoms. The molecule has 0 unspecified atom stereocenters. The third-order valence-electron chi connectivity index (χ3n) is 2.61. The molecule has 0 aliphatic carbocycles. The van der Waals surface area contributed by atoms with E-state index in [1.807, 2.05) is 0 Å². The van der Waals surface area contributed by atoms with Crippen LogP contribution in [0.15, 0.2) is 18.3 Å². The van der Waals surface area contributed by atoms with Gasteiger partial charge in [0.2, 0.25) is 0 Å². The van der Waals surface area contributed by atoms with E-state index in [1.54, 1.807) is 0 Å². The zero-order chi connectivity index (χ0) is 16.9. The minimum absolute atomic E-state index is 0.334. The molecule has 0 aliphatic heterocycles. The molecule has 0 aromatic carbocycles. The molecule has 0 bridgehead atoms. The van der Waals surface area contributed by atoms with Gasteiger partial charge in [0.05, 0.1) is 19.8 Å². The minimum Gasteiger partial charge on any atom is -0.467 e. The Kier molecular flexibility index (Phi) is 5.69. The largest absolute Gasteiger partial charge is 0.467 e. The van der Waals surface area contributed by atoms with E-state index < -0.39 is 29.8 Å². The summed E-state index contributed by atoms with van der Waals surface area (Å²) in [6.07, 6.45) is -3.66. The second kappa shape index (κ2) is 7.07. The summed E-state index contributed by atoms with van der Waals surface area (Å²) in [5, 5.41) is 2.73. The topological polar surface area (TPSA) is 80.8 Å². The van der Waals surface area contributed by atoms with Crippen LogP contribution < -0.4 is 5.32 Å². The number of ether oxygens (including phenoxy) is 1. The van der Waals surface area contributed by atoms with Crippen molar-refractivity contribution in [2.24, 2.45) is 0 Å². The van der Waals surface area contributed by atoms with Crippen LogP contribution in [-0.4, -0.2) is 42.3 Å². The van der Waals surface area contributed by atoms with Gasteiger partial charge in [0.25, 0.3) is 0 Å². The lowest BCUT2D eigenvalue weighted by molar-refractivity contribution is -0.164. The molecule has 0 radical (unpaired) electrons. The van der Waals surface area contributed by atoms with E-state index in [0.717, 1.165) is 26.5 Å². The predicted molar refractivity (Wildman–Crippen MR) is 68.6 cm³/mol. The number of hydroxylamine groups is 2. The Morgan fingerprint density at radius 3 is 2.50 bits per heavy atom. The fraction of sp³-hybridized carbons (Fsp3) is 0.417. The minimum atomic E-state index is -4.57. The number of halogens is 3. The van der Waals surface area contributed by atoms with Gasteiger partial charge in [-0.25, -0.2) is 14.6 Å². The number of carbonyl (C=O) groups excluding carboxylic acids is 2. The van der Waals surface area contributed by atoms with Crippen LogP contribution in [-0.2, 0) is 20.5 Å². The van der Waals surface area contributed by atoms with Gasteiger partial charge in [0, 0.05) is 6.20 Å². The molecule has 7 nitrogen and oxygen atoms in total. The van der Waals surface area contributed by atoms with E-state index in [0.29, 0.717) is 11.1 Å². The molecule has 1 N–H and O–H groups in total. The van der Waals surface area contributed by atoms with E-state index in [1.165, 1.54) is 6.92 Å². The Morgan fingerprint density at radius 2 is 2.00 bits per heavy atom. The summed E-state index contributed by atoms with van der Waals surface area (Å²) in [7, 11) is 2.25. The summed E-state index contributed by atoms with van der Waals surface area (Å²) in [5.74, 6) is -1.09. The first kappa shape index (κ1) is 17.7. The van der Waals surface area contributed by atoms with Crippen molar-refractivity contribution in [1.82, 2.24) is 10.0 Å². The molecule has 122 valence electrons. The van der Waals surface area contributed by atoms with Gasteiger partial charge in [-0.05, 0) is 19.1 Å². The first-order valence-corrected chi connectivity index (χ1v) is 5.96. The van der Waals surface area contributed by atoms with E-state index in [4.69, 9.17) is 4.84 Å². The van der Waals surface area contributed by atoms with Crippen molar-refractivity contribution in [3.05, 3.63) is 23.9 Å². The van der Waals surface area contributed by atoms with Crippen molar-refractivity contribution in [3.63, 3.8) is 0 Å². The van der Waals surface area contributed by atoms with Crippen LogP contribution in [0.3, 0.4) is 0 Å². The summed E-state index contributed by atoms with van der Waals surface area (Å²) in [5.41, 5.74) is -0.970. The van der Waals surface area contributed by atoms with E-state index >= 15 is 0 Å². The van der Waals surface area contributed by atoms with Crippen molar-refractivity contribution in [2.75, 3.05) is 19.5 Å². The third kappa shape index (κ3) is 4.32. The Bertz CT molecular complexity index is 551. The van der Waals surface area contributed by atoms with Crippen molar-refractivity contribution < 1.29 is 32.3 Å². The smallest absolute Gasteiger partial charge is 0.416 e. The molecular weight excluding hydrogens is 307 g/mol. The highest BCUT2D eigenvalue weighted by Crippen LogP contribution is 2.29. The molecule has 2 amide bonds. The summed E-state index contributed by atoms with van der Waals surface area (Å²) in [6.45, 7) is 1.33. The maximum Gasteiger partial charge on any atom is 0.416 e. The van der Waals surface area contributed by atoms with Crippen LogP contribution in [0.5, 0.6) is 0 Å². The number of anilines is 1. The average Bonchev–Trinajstić information content (AvgIpc) is 2.46.